The van der Waals surface area contributed by atoms with E-state index in [4.69, 9.17) is 5.11 Å². The average Bonchev–Trinajstić information content (AvgIpc) is 2.35. The molecule has 0 aliphatic heterocycles. The van der Waals surface area contributed by atoms with Crippen molar-refractivity contribution in [2.24, 2.45) is 0 Å². The number of hydrogen-bond donors (Lipinski definition) is 3. The molecule has 96 valence electrons. The van der Waals surface area contributed by atoms with Crippen LogP contribution in [0.5, 0.6) is 0 Å². The van der Waals surface area contributed by atoms with E-state index >= 15 is 0 Å². The third-order valence-corrected chi connectivity index (χ3v) is 2.93. The maximum absolute atomic E-state index is 9.39. The van der Waals surface area contributed by atoms with E-state index in [0.717, 1.165) is 18.5 Å². The van der Waals surface area contributed by atoms with E-state index in [1.807, 2.05) is 0 Å². The molecule has 0 radical (unpaired) electrons. The van der Waals surface area contributed by atoms with Gasteiger partial charge in [-0.05, 0) is 30.9 Å². The van der Waals surface area contributed by atoms with Crippen molar-refractivity contribution < 1.29 is 10.2 Å². The average molecular weight is 237 g/mol. The first kappa shape index (κ1) is 14.0. The summed E-state index contributed by atoms with van der Waals surface area (Å²) < 4.78 is 0. The third kappa shape index (κ3) is 3.72. The van der Waals surface area contributed by atoms with Crippen LogP contribution in [0.3, 0.4) is 0 Å². The lowest BCUT2D eigenvalue weighted by Gasteiger charge is -2.18. The highest BCUT2D eigenvalue weighted by Gasteiger charge is 2.09. The van der Waals surface area contributed by atoms with Crippen LogP contribution in [0.1, 0.15) is 30.5 Å². The predicted molar refractivity (Wildman–Crippen MR) is 71.5 cm³/mol. The van der Waals surface area contributed by atoms with E-state index in [9.17, 15) is 5.11 Å². The predicted octanol–water partition coefficient (Wildman–Crippen LogP) is 1.88. The second-order valence-corrected chi connectivity index (χ2v) is 4.38. The Labute approximate surface area is 103 Å². The quantitative estimate of drug-likeness (QED) is 0.708. The van der Waals surface area contributed by atoms with Crippen molar-refractivity contribution in [3.05, 3.63) is 28.8 Å². The monoisotopic (exact) mass is 237 g/mol. The summed E-state index contributed by atoms with van der Waals surface area (Å²) in [4.78, 5) is 0. The van der Waals surface area contributed by atoms with Crippen LogP contribution in [0, 0.1) is 6.92 Å². The van der Waals surface area contributed by atoms with Gasteiger partial charge >= 0.3 is 0 Å². The van der Waals surface area contributed by atoms with E-state index in [2.05, 4.69) is 38.2 Å². The lowest BCUT2D eigenvalue weighted by molar-refractivity contribution is 0.105. The van der Waals surface area contributed by atoms with Gasteiger partial charge in [0.15, 0.2) is 0 Å². The second-order valence-electron chi connectivity index (χ2n) is 4.38. The maximum Gasteiger partial charge on any atom is 0.0942 e. The summed E-state index contributed by atoms with van der Waals surface area (Å²) in [5.41, 5.74) is 4.93. The Kier molecular flexibility index (Phi) is 5.45. The normalized spacial score (nSPS) is 12.5. The smallest absolute Gasteiger partial charge is 0.0942 e. The molecule has 0 bridgehead atoms. The zero-order chi connectivity index (χ0) is 12.8. The zero-order valence-electron chi connectivity index (χ0n) is 11.0. The molecule has 1 atom stereocenters. The Bertz CT molecular complexity index is 338. The van der Waals surface area contributed by atoms with E-state index in [1.165, 1.54) is 16.7 Å². The number of hydrogen-bond acceptors (Lipinski definition) is 3. The van der Waals surface area contributed by atoms with Crippen LogP contribution in [0.25, 0.3) is 0 Å². The molecule has 1 rings (SSSR count). The highest BCUT2D eigenvalue weighted by Crippen LogP contribution is 2.24. The van der Waals surface area contributed by atoms with E-state index in [0.29, 0.717) is 6.54 Å². The minimum absolute atomic E-state index is 0.207. The molecule has 3 nitrogen and oxygen atoms in total. The fourth-order valence-electron chi connectivity index (χ4n) is 2.01. The summed E-state index contributed by atoms with van der Waals surface area (Å²) in [6, 6.07) is 4.35. The molecule has 3 heteroatoms. The van der Waals surface area contributed by atoms with Crippen LogP contribution in [0.2, 0.25) is 0 Å². The van der Waals surface area contributed by atoms with Crippen LogP contribution in [0.15, 0.2) is 12.1 Å². The molecule has 0 saturated heterocycles. The van der Waals surface area contributed by atoms with Crippen LogP contribution < -0.4 is 5.32 Å². The molecule has 0 spiro atoms. The minimum atomic E-state index is -0.703. The molecule has 0 aliphatic carbocycles. The van der Waals surface area contributed by atoms with Crippen LogP contribution in [0.4, 0.5) is 5.69 Å². The molecule has 1 aromatic rings. The van der Waals surface area contributed by atoms with Crippen molar-refractivity contribution in [2.45, 2.75) is 39.7 Å². The van der Waals surface area contributed by atoms with Crippen molar-refractivity contribution in [1.29, 1.82) is 0 Å². The number of aliphatic hydroxyl groups excluding tert-OH is 2. The van der Waals surface area contributed by atoms with Gasteiger partial charge in [0.1, 0.15) is 0 Å². The fourth-order valence-corrected chi connectivity index (χ4v) is 2.01. The SMILES string of the molecule is CCc1cc(C)cc(CC)c1NCC(O)CO. The summed E-state index contributed by atoms with van der Waals surface area (Å²) in [5, 5.41) is 21.5. The van der Waals surface area contributed by atoms with Crippen LogP contribution in [-0.2, 0) is 12.8 Å². The Morgan fingerprint density at radius 2 is 1.71 bits per heavy atom. The van der Waals surface area contributed by atoms with Gasteiger partial charge in [-0.1, -0.05) is 31.5 Å². The van der Waals surface area contributed by atoms with E-state index < -0.39 is 6.10 Å². The lowest BCUT2D eigenvalue weighted by atomic mass is 9.99. The lowest BCUT2D eigenvalue weighted by Crippen LogP contribution is -2.24. The molecule has 0 heterocycles. The van der Waals surface area contributed by atoms with Gasteiger partial charge in [-0.15, -0.1) is 0 Å². The number of rotatable bonds is 6. The number of benzene rings is 1. The van der Waals surface area contributed by atoms with Gasteiger partial charge in [0.2, 0.25) is 0 Å². The van der Waals surface area contributed by atoms with Gasteiger partial charge in [0.05, 0.1) is 12.7 Å². The van der Waals surface area contributed by atoms with Gasteiger partial charge in [-0.25, -0.2) is 0 Å². The second kappa shape index (κ2) is 6.62. The van der Waals surface area contributed by atoms with Gasteiger partial charge in [0, 0.05) is 12.2 Å². The maximum atomic E-state index is 9.39. The van der Waals surface area contributed by atoms with E-state index in [1.54, 1.807) is 0 Å². The molecule has 0 aromatic heterocycles. The minimum Gasteiger partial charge on any atom is -0.394 e. The highest BCUT2D eigenvalue weighted by atomic mass is 16.3. The first-order valence-corrected chi connectivity index (χ1v) is 6.27. The Hall–Kier alpha value is -1.06. The summed E-state index contributed by atoms with van der Waals surface area (Å²) >= 11 is 0. The number of anilines is 1. The van der Waals surface area contributed by atoms with Crippen molar-refractivity contribution in [1.82, 2.24) is 0 Å². The Morgan fingerprint density at radius 1 is 1.18 bits per heavy atom. The van der Waals surface area contributed by atoms with Gasteiger partial charge < -0.3 is 15.5 Å². The third-order valence-electron chi connectivity index (χ3n) is 2.93. The summed E-state index contributed by atoms with van der Waals surface area (Å²) in [6.07, 6.45) is 1.23. The standard InChI is InChI=1S/C14H23NO2/c1-4-11-6-10(3)7-12(5-2)14(11)15-8-13(17)9-16/h6-7,13,15-17H,4-5,8-9H2,1-3H3. The van der Waals surface area contributed by atoms with Gasteiger partial charge in [-0.2, -0.15) is 0 Å². The fraction of sp³-hybridized carbons (Fsp3) is 0.571. The summed E-state index contributed by atoms with van der Waals surface area (Å²) in [7, 11) is 0. The first-order valence-electron chi connectivity index (χ1n) is 6.27. The molecule has 17 heavy (non-hydrogen) atoms. The molecule has 0 amide bonds. The van der Waals surface area contributed by atoms with Gasteiger partial charge in [-0.3, -0.25) is 0 Å². The number of aryl methyl sites for hydroxylation is 3. The van der Waals surface area contributed by atoms with Crippen molar-refractivity contribution in [3.63, 3.8) is 0 Å². The highest BCUT2D eigenvalue weighted by molar-refractivity contribution is 5.59. The molecule has 0 aliphatic rings. The van der Waals surface area contributed by atoms with E-state index in [-0.39, 0.29) is 6.61 Å². The Morgan fingerprint density at radius 3 is 2.12 bits per heavy atom. The largest absolute Gasteiger partial charge is 0.394 e. The van der Waals surface area contributed by atoms with Gasteiger partial charge in [0.25, 0.3) is 0 Å². The molecular formula is C14H23NO2. The summed E-state index contributed by atoms with van der Waals surface area (Å²) in [6.45, 7) is 6.54. The number of nitrogens with one attached hydrogen (secondary N) is 1. The first-order chi connectivity index (χ1) is 8.12. The van der Waals surface area contributed by atoms with Crippen LogP contribution >= 0.6 is 0 Å². The van der Waals surface area contributed by atoms with Crippen molar-refractivity contribution in [3.8, 4) is 0 Å². The number of aliphatic hydroxyl groups is 2. The topological polar surface area (TPSA) is 52.5 Å². The molecule has 0 fully saturated rings. The molecular weight excluding hydrogens is 214 g/mol. The summed E-state index contributed by atoms with van der Waals surface area (Å²) in [5.74, 6) is 0. The Balaban J connectivity index is 2.94. The van der Waals surface area contributed by atoms with Crippen molar-refractivity contribution >= 4 is 5.69 Å². The molecule has 3 N–H and O–H groups in total. The van der Waals surface area contributed by atoms with Crippen LogP contribution in [-0.4, -0.2) is 29.5 Å². The molecule has 0 saturated carbocycles. The zero-order valence-corrected chi connectivity index (χ0v) is 11.0. The molecule has 1 aromatic carbocycles. The molecule has 1 unspecified atom stereocenters. The van der Waals surface area contributed by atoms with Crippen molar-refractivity contribution in [2.75, 3.05) is 18.5 Å².